The molecule has 1 heterocycles. The largest absolute Gasteiger partial charge is 0.391 e. The Labute approximate surface area is 156 Å². The van der Waals surface area contributed by atoms with Crippen LogP contribution >= 0.6 is 0 Å². The van der Waals surface area contributed by atoms with E-state index in [1.54, 1.807) is 4.90 Å². The van der Waals surface area contributed by atoms with Crippen molar-refractivity contribution >= 4 is 15.9 Å². The SMILES string of the molecule is Cc1ccc(CN(C)CC(=O)N2C[C@@H](CS(=O)(=O)N(C)C)[C@H](O)C2)cc1. The molecule has 0 bridgehead atoms. The van der Waals surface area contributed by atoms with Crippen molar-refractivity contribution in [2.75, 3.05) is 46.5 Å². The highest BCUT2D eigenvalue weighted by Gasteiger charge is 2.37. The van der Waals surface area contributed by atoms with E-state index < -0.39 is 22.0 Å². The highest BCUT2D eigenvalue weighted by molar-refractivity contribution is 7.89. The summed E-state index contributed by atoms with van der Waals surface area (Å²) in [6.45, 7) is 3.37. The molecule has 1 aliphatic rings. The van der Waals surface area contributed by atoms with Crippen LogP contribution in [-0.2, 0) is 21.4 Å². The van der Waals surface area contributed by atoms with Crippen LogP contribution in [0.4, 0.5) is 0 Å². The van der Waals surface area contributed by atoms with Crippen molar-refractivity contribution in [1.29, 1.82) is 0 Å². The zero-order chi connectivity index (χ0) is 19.5. The molecule has 2 atom stereocenters. The van der Waals surface area contributed by atoms with Gasteiger partial charge in [0.1, 0.15) is 0 Å². The van der Waals surface area contributed by atoms with E-state index in [9.17, 15) is 18.3 Å². The lowest BCUT2D eigenvalue weighted by atomic mass is 10.1. The van der Waals surface area contributed by atoms with Gasteiger partial charge in [0.2, 0.25) is 15.9 Å². The lowest BCUT2D eigenvalue weighted by Crippen LogP contribution is -2.38. The maximum Gasteiger partial charge on any atom is 0.236 e. The molecule has 8 heteroatoms. The third kappa shape index (κ3) is 5.51. The second-order valence-electron chi connectivity index (χ2n) is 7.34. The molecule has 1 saturated heterocycles. The van der Waals surface area contributed by atoms with Crippen molar-refractivity contribution in [2.45, 2.75) is 19.6 Å². The van der Waals surface area contributed by atoms with E-state index in [-0.39, 0.29) is 31.3 Å². The number of aliphatic hydroxyl groups is 1. The average molecular weight is 384 g/mol. The molecule has 0 saturated carbocycles. The zero-order valence-corrected chi connectivity index (χ0v) is 16.7. The van der Waals surface area contributed by atoms with E-state index in [0.717, 1.165) is 9.87 Å². The molecule has 1 aromatic rings. The Morgan fingerprint density at radius 3 is 2.38 bits per heavy atom. The Morgan fingerprint density at radius 1 is 1.19 bits per heavy atom. The number of carbonyl (C=O) groups is 1. The number of likely N-dealkylation sites (tertiary alicyclic amines) is 1. The number of hydrogen-bond acceptors (Lipinski definition) is 5. The summed E-state index contributed by atoms with van der Waals surface area (Å²) in [5.41, 5.74) is 2.32. The number of rotatable bonds is 7. The molecule has 1 fully saturated rings. The van der Waals surface area contributed by atoms with Crippen LogP contribution in [0.5, 0.6) is 0 Å². The summed E-state index contributed by atoms with van der Waals surface area (Å²) >= 11 is 0. The van der Waals surface area contributed by atoms with Crippen LogP contribution in [0.3, 0.4) is 0 Å². The molecule has 26 heavy (non-hydrogen) atoms. The number of benzene rings is 1. The number of sulfonamides is 1. The smallest absolute Gasteiger partial charge is 0.236 e. The predicted octanol–water partition coefficient (Wildman–Crippen LogP) is 0.138. The van der Waals surface area contributed by atoms with E-state index >= 15 is 0 Å². The Kier molecular flexibility index (Phi) is 6.79. The van der Waals surface area contributed by atoms with Gasteiger partial charge in [0.25, 0.3) is 0 Å². The molecule has 7 nitrogen and oxygen atoms in total. The van der Waals surface area contributed by atoms with Crippen LogP contribution in [0, 0.1) is 12.8 Å². The number of hydrogen-bond donors (Lipinski definition) is 1. The van der Waals surface area contributed by atoms with Gasteiger partial charge in [0, 0.05) is 39.6 Å². The van der Waals surface area contributed by atoms with Crippen LogP contribution in [0.25, 0.3) is 0 Å². The number of carbonyl (C=O) groups excluding carboxylic acids is 1. The molecule has 0 spiro atoms. The maximum absolute atomic E-state index is 12.5. The summed E-state index contributed by atoms with van der Waals surface area (Å²) in [4.78, 5) is 16.0. The fraction of sp³-hybridized carbons (Fsp3) is 0.611. The summed E-state index contributed by atoms with van der Waals surface area (Å²) in [6.07, 6.45) is -0.809. The van der Waals surface area contributed by atoms with Crippen LogP contribution in [0.1, 0.15) is 11.1 Å². The normalized spacial score (nSPS) is 21.0. The highest BCUT2D eigenvalue weighted by atomic mass is 32.2. The summed E-state index contributed by atoms with van der Waals surface area (Å²) < 4.78 is 25.2. The first-order valence-electron chi connectivity index (χ1n) is 8.68. The number of aliphatic hydroxyl groups excluding tert-OH is 1. The van der Waals surface area contributed by atoms with Gasteiger partial charge in [-0.2, -0.15) is 0 Å². The van der Waals surface area contributed by atoms with Crippen molar-refractivity contribution in [3.63, 3.8) is 0 Å². The number of likely N-dealkylation sites (N-methyl/N-ethyl adjacent to an activating group) is 1. The number of aryl methyl sites for hydroxylation is 1. The molecule has 1 amide bonds. The summed E-state index contributed by atoms with van der Waals surface area (Å²) in [6, 6.07) is 8.16. The molecule has 146 valence electrons. The lowest BCUT2D eigenvalue weighted by molar-refractivity contribution is -0.131. The molecule has 1 aliphatic heterocycles. The molecule has 2 rings (SSSR count). The minimum atomic E-state index is -3.41. The van der Waals surface area contributed by atoms with Crippen LogP contribution < -0.4 is 0 Å². The number of β-amino-alcohol motifs (C(OH)–C–C–N with tert-alkyl or cyclic N) is 1. The molecule has 0 aromatic heterocycles. The van der Waals surface area contributed by atoms with E-state index in [4.69, 9.17) is 0 Å². The van der Waals surface area contributed by atoms with E-state index in [1.807, 2.05) is 43.1 Å². The van der Waals surface area contributed by atoms with Crippen LogP contribution in [0.15, 0.2) is 24.3 Å². The Balaban J connectivity index is 1.88. The zero-order valence-electron chi connectivity index (χ0n) is 15.9. The first-order chi connectivity index (χ1) is 12.1. The van der Waals surface area contributed by atoms with E-state index in [1.165, 1.54) is 19.7 Å². The van der Waals surface area contributed by atoms with Crippen LogP contribution in [-0.4, -0.2) is 86.2 Å². The van der Waals surface area contributed by atoms with Gasteiger partial charge in [-0.15, -0.1) is 0 Å². The van der Waals surface area contributed by atoms with Gasteiger partial charge >= 0.3 is 0 Å². The maximum atomic E-state index is 12.5. The minimum Gasteiger partial charge on any atom is -0.391 e. The Morgan fingerprint density at radius 2 is 1.81 bits per heavy atom. The van der Waals surface area contributed by atoms with Crippen molar-refractivity contribution < 1.29 is 18.3 Å². The number of nitrogens with zero attached hydrogens (tertiary/aromatic N) is 3. The summed E-state index contributed by atoms with van der Waals surface area (Å²) in [5, 5.41) is 10.2. The van der Waals surface area contributed by atoms with Crippen LogP contribution in [0.2, 0.25) is 0 Å². The van der Waals surface area contributed by atoms with Gasteiger partial charge in [-0.25, -0.2) is 12.7 Å². The van der Waals surface area contributed by atoms with E-state index in [2.05, 4.69) is 0 Å². The molecular weight excluding hydrogens is 354 g/mol. The second-order valence-corrected chi connectivity index (χ2v) is 9.57. The van der Waals surface area contributed by atoms with Crippen molar-refractivity contribution in [3.8, 4) is 0 Å². The van der Waals surface area contributed by atoms with Crippen molar-refractivity contribution in [2.24, 2.45) is 5.92 Å². The summed E-state index contributed by atoms with van der Waals surface area (Å²) in [5.74, 6) is -0.693. The molecular formula is C18H29N3O4S. The lowest BCUT2D eigenvalue weighted by Gasteiger charge is -2.22. The first-order valence-corrected chi connectivity index (χ1v) is 10.3. The Hall–Kier alpha value is -1.48. The van der Waals surface area contributed by atoms with Gasteiger partial charge in [-0.3, -0.25) is 9.69 Å². The molecule has 0 radical (unpaired) electrons. The van der Waals surface area contributed by atoms with Gasteiger partial charge in [-0.1, -0.05) is 29.8 Å². The first kappa shape index (κ1) is 20.8. The standard InChI is InChI=1S/C18H29N3O4S/c1-14-5-7-15(8-6-14)9-20(4)12-18(23)21-10-16(17(22)11-21)13-26(24,25)19(2)3/h5-8,16-17,22H,9-13H2,1-4H3/t16-,17+/m0/s1. The topological polar surface area (TPSA) is 81.2 Å². The third-order valence-corrected chi connectivity index (χ3v) is 6.68. The predicted molar refractivity (Wildman–Crippen MR) is 101 cm³/mol. The monoisotopic (exact) mass is 383 g/mol. The minimum absolute atomic E-state index is 0.0941. The second kappa shape index (κ2) is 8.47. The quantitative estimate of drug-likeness (QED) is 0.724. The molecule has 1 N–H and O–H groups in total. The van der Waals surface area contributed by atoms with E-state index in [0.29, 0.717) is 6.54 Å². The van der Waals surface area contributed by atoms with Gasteiger partial charge in [-0.05, 0) is 19.5 Å². The Bertz CT molecular complexity index is 718. The van der Waals surface area contributed by atoms with Crippen molar-refractivity contribution in [1.82, 2.24) is 14.1 Å². The summed E-state index contributed by atoms with van der Waals surface area (Å²) in [7, 11) is 1.41. The number of amides is 1. The molecule has 0 unspecified atom stereocenters. The molecule has 0 aliphatic carbocycles. The fourth-order valence-electron chi connectivity index (χ4n) is 3.03. The van der Waals surface area contributed by atoms with Gasteiger partial charge in [0.15, 0.2) is 0 Å². The van der Waals surface area contributed by atoms with Gasteiger partial charge in [0.05, 0.1) is 18.4 Å². The van der Waals surface area contributed by atoms with Gasteiger partial charge < -0.3 is 10.0 Å². The fourth-order valence-corrected chi connectivity index (χ4v) is 4.20. The average Bonchev–Trinajstić information content (AvgIpc) is 2.90. The third-order valence-electron chi connectivity index (χ3n) is 4.72. The highest BCUT2D eigenvalue weighted by Crippen LogP contribution is 2.20. The van der Waals surface area contributed by atoms with Crippen molar-refractivity contribution in [3.05, 3.63) is 35.4 Å². The molecule has 1 aromatic carbocycles.